The van der Waals surface area contributed by atoms with Gasteiger partial charge in [0, 0.05) is 5.56 Å². The van der Waals surface area contributed by atoms with E-state index < -0.39 is 0 Å². The number of piperidine rings is 1. The van der Waals surface area contributed by atoms with Crippen LogP contribution in [0.2, 0.25) is 0 Å². The van der Waals surface area contributed by atoms with Crippen LogP contribution >= 0.6 is 0 Å². The first-order valence-corrected chi connectivity index (χ1v) is 6.79. The maximum Gasteiger partial charge on any atom is 0.216 e. The Labute approximate surface area is 125 Å². The normalized spacial score (nSPS) is 17.6. The van der Waals surface area contributed by atoms with E-state index in [2.05, 4.69) is 6.92 Å². The van der Waals surface area contributed by atoms with Crippen molar-refractivity contribution in [3.8, 4) is 0 Å². The van der Waals surface area contributed by atoms with Gasteiger partial charge >= 0.3 is 0 Å². The van der Waals surface area contributed by atoms with Crippen LogP contribution in [0.15, 0.2) is 24.3 Å². The summed E-state index contributed by atoms with van der Waals surface area (Å²) in [6.45, 7) is 5.92. The molecule has 0 saturated carbocycles. The van der Waals surface area contributed by atoms with Gasteiger partial charge in [0.05, 0.1) is 19.6 Å². The van der Waals surface area contributed by atoms with Crippen LogP contribution in [-0.2, 0) is 0 Å². The van der Waals surface area contributed by atoms with Gasteiger partial charge in [0.2, 0.25) is 5.78 Å². The average molecular weight is 330 g/mol. The minimum atomic E-state index is -0.288. The lowest BCUT2D eigenvalue weighted by Gasteiger charge is -2.40. The van der Waals surface area contributed by atoms with E-state index in [0.29, 0.717) is 12.1 Å². The summed E-state index contributed by atoms with van der Waals surface area (Å²) in [6, 6.07) is 5.90. The summed E-state index contributed by atoms with van der Waals surface area (Å²) >= 11 is 0. The Hall–Kier alpha value is -0.740. The first kappa shape index (κ1) is 16.3. The fourth-order valence-corrected chi connectivity index (χ4v) is 2.80. The number of Topliss-reactive ketones (excluding diaryl/α,β-unsaturated/α-hetero) is 1. The zero-order chi connectivity index (χ0) is 13.0. The molecule has 106 valence electrons. The van der Waals surface area contributed by atoms with Crippen molar-refractivity contribution in [2.24, 2.45) is 0 Å². The first-order chi connectivity index (χ1) is 8.65. The minimum absolute atomic E-state index is 0. The van der Waals surface area contributed by atoms with Gasteiger partial charge in [-0.3, -0.25) is 4.79 Å². The van der Waals surface area contributed by atoms with E-state index in [1.807, 2.05) is 0 Å². The molecular weight excluding hydrogens is 309 g/mol. The van der Waals surface area contributed by atoms with Crippen LogP contribution in [0, 0.1) is 5.82 Å². The molecule has 0 spiro atoms. The third kappa shape index (κ3) is 4.11. The van der Waals surface area contributed by atoms with Gasteiger partial charge in [-0.25, -0.2) is 4.39 Å². The fraction of sp³-hybridized carbons (Fsp3) is 0.533. The van der Waals surface area contributed by atoms with Gasteiger partial charge in [0.15, 0.2) is 0 Å². The first-order valence-electron chi connectivity index (χ1n) is 6.79. The molecule has 1 aromatic rings. The van der Waals surface area contributed by atoms with Gasteiger partial charge in [0.25, 0.3) is 0 Å². The molecule has 0 aromatic heterocycles. The van der Waals surface area contributed by atoms with Crippen LogP contribution in [0.1, 0.15) is 36.5 Å². The predicted octanol–water partition coefficient (Wildman–Crippen LogP) is 0.0330. The maximum absolute atomic E-state index is 12.8. The monoisotopic (exact) mass is 329 g/mol. The number of hydrogen-bond acceptors (Lipinski definition) is 1. The topological polar surface area (TPSA) is 17.1 Å². The van der Waals surface area contributed by atoms with Crippen molar-refractivity contribution in [2.45, 2.75) is 26.2 Å². The quantitative estimate of drug-likeness (QED) is 0.563. The molecule has 0 atom stereocenters. The second kappa shape index (κ2) is 7.15. The smallest absolute Gasteiger partial charge is 0.216 e. The Kier molecular flexibility index (Phi) is 6.14. The fourth-order valence-electron chi connectivity index (χ4n) is 2.80. The van der Waals surface area contributed by atoms with Crippen LogP contribution in [0.4, 0.5) is 4.39 Å². The van der Waals surface area contributed by atoms with Gasteiger partial charge in [-0.15, -0.1) is 0 Å². The van der Waals surface area contributed by atoms with Crippen molar-refractivity contribution in [1.82, 2.24) is 0 Å². The molecule has 4 heteroatoms. The third-order valence-electron chi connectivity index (χ3n) is 4.08. The lowest BCUT2D eigenvalue weighted by atomic mass is 10.0. The molecule has 1 heterocycles. The number of carbonyl (C=O) groups excluding carboxylic acids is 1. The van der Waals surface area contributed by atoms with Crippen molar-refractivity contribution in [3.05, 3.63) is 35.6 Å². The molecule has 0 N–H and O–H groups in total. The number of hydrogen-bond donors (Lipinski definition) is 0. The van der Waals surface area contributed by atoms with Gasteiger partial charge in [-0.1, -0.05) is 0 Å². The molecule has 2 rings (SSSR count). The molecule has 19 heavy (non-hydrogen) atoms. The second-order valence-electron chi connectivity index (χ2n) is 5.25. The Bertz CT molecular complexity index is 413. The average Bonchev–Trinajstić information content (AvgIpc) is 2.40. The van der Waals surface area contributed by atoms with Crippen molar-refractivity contribution in [1.29, 1.82) is 0 Å². The maximum atomic E-state index is 12.8. The number of quaternary nitrogens is 1. The van der Waals surface area contributed by atoms with Gasteiger partial charge in [-0.05, 0) is 50.5 Å². The van der Waals surface area contributed by atoms with Crippen molar-refractivity contribution < 1.29 is 30.6 Å². The SMILES string of the molecule is CC[N+]1(CC(=O)c2ccc(F)cc2)CCCCC1.[Br-]. The van der Waals surface area contributed by atoms with Gasteiger partial charge < -0.3 is 21.5 Å². The molecule has 1 aliphatic heterocycles. The Balaban J connectivity index is 0.00000180. The standard InChI is InChI=1S/C15H21FNO.BrH/c1-2-17(10-4-3-5-11-17)12-15(18)13-6-8-14(16)9-7-13;/h6-9H,2-5,10-12H2,1H3;1H/q+1;/p-1. The minimum Gasteiger partial charge on any atom is -1.00 e. The largest absolute Gasteiger partial charge is 1.00 e. The Morgan fingerprint density at radius 1 is 1.16 bits per heavy atom. The number of likely N-dealkylation sites (N-methyl/N-ethyl adjacent to an activating group) is 1. The Morgan fingerprint density at radius 2 is 1.74 bits per heavy atom. The van der Waals surface area contributed by atoms with Crippen LogP contribution in [0.25, 0.3) is 0 Å². The molecule has 1 aliphatic rings. The summed E-state index contributed by atoms with van der Waals surface area (Å²) in [6.07, 6.45) is 3.71. The van der Waals surface area contributed by atoms with Crippen LogP contribution in [0.3, 0.4) is 0 Å². The van der Waals surface area contributed by atoms with Gasteiger partial charge in [0.1, 0.15) is 12.4 Å². The lowest BCUT2D eigenvalue weighted by Crippen LogP contribution is -3.00. The number of carbonyl (C=O) groups is 1. The zero-order valence-corrected chi connectivity index (χ0v) is 13.0. The molecule has 0 radical (unpaired) electrons. The molecule has 0 amide bonds. The number of halogens is 2. The molecule has 1 saturated heterocycles. The number of rotatable bonds is 4. The Morgan fingerprint density at radius 3 is 2.26 bits per heavy atom. The molecule has 0 aliphatic carbocycles. The van der Waals surface area contributed by atoms with E-state index >= 15 is 0 Å². The van der Waals surface area contributed by atoms with Crippen LogP contribution < -0.4 is 17.0 Å². The highest BCUT2D eigenvalue weighted by Gasteiger charge is 2.30. The lowest BCUT2D eigenvalue weighted by molar-refractivity contribution is -0.923. The van der Waals surface area contributed by atoms with Gasteiger partial charge in [-0.2, -0.15) is 0 Å². The third-order valence-corrected chi connectivity index (χ3v) is 4.08. The van der Waals surface area contributed by atoms with Crippen molar-refractivity contribution in [2.75, 3.05) is 26.2 Å². The number of benzene rings is 1. The second-order valence-corrected chi connectivity index (χ2v) is 5.25. The highest BCUT2D eigenvalue weighted by molar-refractivity contribution is 5.96. The number of ketones is 1. The summed E-state index contributed by atoms with van der Waals surface area (Å²) in [7, 11) is 0. The molecular formula is C15H21BrFNO. The zero-order valence-electron chi connectivity index (χ0n) is 11.4. The van der Waals surface area contributed by atoms with E-state index in [-0.39, 0.29) is 28.6 Å². The molecule has 0 bridgehead atoms. The highest BCUT2D eigenvalue weighted by Crippen LogP contribution is 2.19. The van der Waals surface area contributed by atoms with E-state index in [4.69, 9.17) is 0 Å². The summed E-state index contributed by atoms with van der Waals surface area (Å²) in [5.74, 6) is -0.150. The summed E-state index contributed by atoms with van der Waals surface area (Å²) in [5.41, 5.74) is 0.632. The summed E-state index contributed by atoms with van der Waals surface area (Å²) < 4.78 is 13.7. The summed E-state index contributed by atoms with van der Waals surface area (Å²) in [4.78, 5) is 12.3. The van der Waals surface area contributed by atoms with Crippen LogP contribution in [0.5, 0.6) is 0 Å². The molecule has 0 unspecified atom stereocenters. The van der Waals surface area contributed by atoms with E-state index in [9.17, 15) is 9.18 Å². The van der Waals surface area contributed by atoms with Crippen LogP contribution in [-0.4, -0.2) is 36.4 Å². The van der Waals surface area contributed by atoms with Crippen molar-refractivity contribution in [3.63, 3.8) is 0 Å². The van der Waals surface area contributed by atoms with E-state index in [1.54, 1.807) is 12.1 Å². The van der Waals surface area contributed by atoms with Crippen molar-refractivity contribution >= 4 is 5.78 Å². The highest BCUT2D eigenvalue weighted by atomic mass is 79.9. The molecule has 1 fully saturated rings. The predicted molar refractivity (Wildman–Crippen MR) is 70.0 cm³/mol. The van der Waals surface area contributed by atoms with E-state index in [1.165, 1.54) is 31.4 Å². The number of likely N-dealkylation sites (tertiary alicyclic amines) is 1. The molecule has 2 nitrogen and oxygen atoms in total. The number of nitrogens with zero attached hydrogens (tertiary/aromatic N) is 1. The van der Waals surface area contributed by atoms with E-state index in [0.717, 1.165) is 24.1 Å². The summed E-state index contributed by atoms with van der Waals surface area (Å²) in [5, 5.41) is 0. The molecule has 1 aromatic carbocycles.